The van der Waals surface area contributed by atoms with Gasteiger partial charge in [0, 0.05) is 17.6 Å². The van der Waals surface area contributed by atoms with Gasteiger partial charge in [-0.2, -0.15) is 0 Å². The second-order valence-corrected chi connectivity index (χ2v) is 7.49. The number of ether oxygens (including phenoxy) is 2. The summed E-state index contributed by atoms with van der Waals surface area (Å²) in [4.78, 5) is 3.07. The van der Waals surface area contributed by atoms with Crippen molar-refractivity contribution in [3.05, 3.63) is 10.4 Å². The molecule has 4 fully saturated rings. The molecule has 21 heavy (non-hydrogen) atoms. The van der Waals surface area contributed by atoms with Gasteiger partial charge >= 0.3 is 0 Å². The summed E-state index contributed by atoms with van der Waals surface area (Å²) in [6.07, 6.45) is 6.70. The summed E-state index contributed by atoms with van der Waals surface area (Å²) < 4.78 is 11.5. The van der Waals surface area contributed by atoms with Crippen molar-refractivity contribution in [1.82, 2.24) is 0 Å². The Balaban J connectivity index is 1.54. The van der Waals surface area contributed by atoms with Gasteiger partial charge in [-0.1, -0.05) is 19.0 Å². The Kier molecular flexibility index (Phi) is 4.43. The minimum atomic E-state index is -0.0117. The third-order valence-corrected chi connectivity index (χ3v) is 6.18. The molecule has 1 saturated heterocycles. The predicted octanol–water partition coefficient (Wildman–Crippen LogP) is 4.28. The molecule has 118 valence electrons. The monoisotopic (exact) mass is 293 g/mol. The van der Waals surface area contributed by atoms with Gasteiger partial charge in [0.2, 0.25) is 0 Å². The molecule has 5 heteroatoms. The number of hydrogen-bond donors (Lipinski definition) is 0. The molecule has 0 spiro atoms. The van der Waals surface area contributed by atoms with E-state index < -0.39 is 0 Å². The molecule has 0 aromatic carbocycles. The van der Waals surface area contributed by atoms with E-state index in [1.807, 2.05) is 0 Å². The maximum atomic E-state index is 8.80. The lowest BCUT2D eigenvalue weighted by Gasteiger charge is -2.62. The molecule has 3 unspecified atom stereocenters. The van der Waals surface area contributed by atoms with Crippen molar-refractivity contribution in [3.63, 3.8) is 0 Å². The van der Waals surface area contributed by atoms with Gasteiger partial charge in [0.05, 0.1) is 6.61 Å². The van der Waals surface area contributed by atoms with E-state index >= 15 is 0 Å². The van der Waals surface area contributed by atoms with Crippen molar-refractivity contribution < 1.29 is 9.47 Å². The summed E-state index contributed by atoms with van der Waals surface area (Å²) in [5.74, 6) is 1.89. The van der Waals surface area contributed by atoms with Gasteiger partial charge in [-0.25, -0.2) is 0 Å². The van der Waals surface area contributed by atoms with E-state index in [1.54, 1.807) is 0 Å². The first kappa shape index (κ1) is 15.1. The molecule has 3 saturated carbocycles. The first-order valence-corrected chi connectivity index (χ1v) is 8.40. The fraction of sp³-hybridized carbons (Fsp3) is 1.00. The summed E-state index contributed by atoms with van der Waals surface area (Å²) in [7, 11) is 0. The van der Waals surface area contributed by atoms with Crippen LogP contribution in [0.25, 0.3) is 10.4 Å². The van der Waals surface area contributed by atoms with Crippen LogP contribution in [0.3, 0.4) is 0 Å². The number of azide groups is 1. The first-order chi connectivity index (χ1) is 10.1. The third kappa shape index (κ3) is 2.92. The summed E-state index contributed by atoms with van der Waals surface area (Å²) in [6, 6.07) is 0.169. The van der Waals surface area contributed by atoms with Gasteiger partial charge in [-0.3, -0.25) is 0 Å². The zero-order valence-corrected chi connectivity index (χ0v) is 13.2. The van der Waals surface area contributed by atoms with Crippen molar-refractivity contribution in [2.75, 3.05) is 13.2 Å². The Morgan fingerprint density at radius 2 is 2.19 bits per heavy atom. The lowest BCUT2D eigenvalue weighted by Crippen LogP contribution is -2.57. The minimum Gasteiger partial charge on any atom is -0.353 e. The van der Waals surface area contributed by atoms with Crippen molar-refractivity contribution in [2.24, 2.45) is 28.3 Å². The Bertz CT molecular complexity index is 414. The lowest BCUT2D eigenvalue weighted by molar-refractivity contribution is -0.173. The van der Waals surface area contributed by atoms with Crippen LogP contribution >= 0.6 is 0 Å². The number of nitrogens with zero attached hydrogens (tertiary/aromatic N) is 3. The maximum Gasteiger partial charge on any atom is 0.157 e. The van der Waals surface area contributed by atoms with E-state index in [0.717, 1.165) is 44.8 Å². The Hall–Kier alpha value is -0.770. The Morgan fingerprint density at radius 1 is 1.33 bits per heavy atom. The molecule has 1 heterocycles. The number of fused-ring (bicyclic) bond motifs is 2. The van der Waals surface area contributed by atoms with Crippen LogP contribution in [0.4, 0.5) is 0 Å². The molecule has 0 aromatic heterocycles. The molecule has 3 aliphatic carbocycles. The van der Waals surface area contributed by atoms with Crippen LogP contribution in [0.15, 0.2) is 5.11 Å². The van der Waals surface area contributed by atoms with E-state index in [0.29, 0.717) is 17.3 Å². The largest absolute Gasteiger partial charge is 0.353 e. The Morgan fingerprint density at radius 3 is 2.86 bits per heavy atom. The predicted molar refractivity (Wildman–Crippen MR) is 80.6 cm³/mol. The summed E-state index contributed by atoms with van der Waals surface area (Å²) in [6.45, 7) is 6.29. The fourth-order valence-corrected chi connectivity index (χ4v) is 4.69. The maximum absolute atomic E-state index is 8.80. The van der Waals surface area contributed by atoms with Gasteiger partial charge in [0.25, 0.3) is 0 Å². The molecule has 0 amide bonds. The van der Waals surface area contributed by atoms with Gasteiger partial charge in [0.1, 0.15) is 0 Å². The van der Waals surface area contributed by atoms with Crippen molar-refractivity contribution in [2.45, 2.75) is 64.7 Å². The zero-order valence-electron chi connectivity index (χ0n) is 13.2. The van der Waals surface area contributed by atoms with Crippen molar-refractivity contribution in [1.29, 1.82) is 0 Å². The summed E-state index contributed by atoms with van der Waals surface area (Å²) in [5, 5.41) is 4.07. The van der Waals surface area contributed by atoms with Gasteiger partial charge in [-0.15, -0.1) is 0 Å². The highest BCUT2D eigenvalue weighted by atomic mass is 16.7. The average molecular weight is 293 g/mol. The molecular weight excluding hydrogens is 266 g/mol. The molecule has 0 radical (unpaired) electrons. The van der Waals surface area contributed by atoms with Crippen LogP contribution in [0, 0.1) is 23.2 Å². The SMILES string of the molecule is CC1(C)C2CC1[C@@H](CCOC1CCCCO1)[C@H](N=[N+]=[N-])C2. The van der Waals surface area contributed by atoms with E-state index in [1.165, 1.54) is 12.8 Å². The highest BCUT2D eigenvalue weighted by molar-refractivity contribution is 5.08. The highest BCUT2D eigenvalue weighted by Gasteiger charge is 2.57. The second-order valence-electron chi connectivity index (χ2n) is 7.49. The van der Waals surface area contributed by atoms with E-state index in [2.05, 4.69) is 23.9 Å². The summed E-state index contributed by atoms with van der Waals surface area (Å²) >= 11 is 0. The van der Waals surface area contributed by atoms with Crippen LogP contribution in [0.2, 0.25) is 0 Å². The first-order valence-electron chi connectivity index (χ1n) is 8.40. The van der Waals surface area contributed by atoms with Gasteiger partial charge in [-0.05, 0) is 67.2 Å². The molecule has 0 aromatic rings. The minimum absolute atomic E-state index is 0.0117. The van der Waals surface area contributed by atoms with Crippen LogP contribution in [-0.2, 0) is 9.47 Å². The van der Waals surface area contributed by atoms with E-state index in [9.17, 15) is 0 Å². The molecule has 5 atom stereocenters. The molecule has 5 nitrogen and oxygen atoms in total. The van der Waals surface area contributed by atoms with Crippen molar-refractivity contribution >= 4 is 0 Å². The quantitative estimate of drug-likeness (QED) is 0.431. The highest BCUT2D eigenvalue weighted by Crippen LogP contribution is 2.62. The van der Waals surface area contributed by atoms with E-state index in [-0.39, 0.29) is 12.3 Å². The normalized spacial score (nSPS) is 41.0. The zero-order chi connectivity index (χ0) is 14.9. The molecule has 1 aliphatic heterocycles. The topological polar surface area (TPSA) is 67.2 Å². The van der Waals surface area contributed by atoms with Crippen LogP contribution in [0.5, 0.6) is 0 Å². The third-order valence-electron chi connectivity index (χ3n) is 6.18. The smallest absolute Gasteiger partial charge is 0.157 e. The second kappa shape index (κ2) is 6.15. The molecule has 4 aliphatic rings. The lowest BCUT2D eigenvalue weighted by atomic mass is 9.44. The van der Waals surface area contributed by atoms with Gasteiger partial charge in [0.15, 0.2) is 6.29 Å². The van der Waals surface area contributed by atoms with Crippen LogP contribution in [0.1, 0.15) is 52.4 Å². The number of rotatable bonds is 5. The molecule has 0 N–H and O–H groups in total. The molecule has 4 rings (SSSR count). The number of hydrogen-bond acceptors (Lipinski definition) is 3. The van der Waals surface area contributed by atoms with E-state index in [4.69, 9.17) is 15.0 Å². The summed E-state index contributed by atoms with van der Waals surface area (Å²) in [5.41, 5.74) is 9.21. The standard InChI is InChI=1S/C16H27N3O2/c1-16(2)11-9-13(16)12(14(10-11)18-19-17)6-8-21-15-5-3-4-7-20-15/h11-15H,3-10H2,1-2H3/t11?,12-,13?,14-,15?/m1/s1. The molecule has 2 bridgehead atoms. The van der Waals surface area contributed by atoms with Gasteiger partial charge < -0.3 is 9.47 Å². The Labute approximate surface area is 127 Å². The average Bonchev–Trinajstić information content (AvgIpc) is 2.49. The van der Waals surface area contributed by atoms with Crippen molar-refractivity contribution in [3.8, 4) is 0 Å². The van der Waals surface area contributed by atoms with Crippen LogP contribution < -0.4 is 0 Å². The molecular formula is C16H27N3O2. The van der Waals surface area contributed by atoms with Crippen LogP contribution in [-0.4, -0.2) is 25.5 Å². The fourth-order valence-electron chi connectivity index (χ4n) is 4.69.